The second kappa shape index (κ2) is 10.4. The van der Waals surface area contributed by atoms with Crippen LogP contribution in [0.4, 0.5) is 10.1 Å². The zero-order valence-electron chi connectivity index (χ0n) is 17.5. The van der Waals surface area contributed by atoms with Crippen molar-refractivity contribution in [3.63, 3.8) is 0 Å². The molecule has 5 nitrogen and oxygen atoms in total. The Hall–Kier alpha value is -3.67. The minimum Gasteiger partial charge on any atom is -0.489 e. The number of hydrogen-bond donors (Lipinski definition) is 2. The largest absolute Gasteiger partial charge is 0.489 e. The molecule has 1 atom stereocenters. The van der Waals surface area contributed by atoms with Gasteiger partial charge in [-0.05, 0) is 47.9 Å². The van der Waals surface area contributed by atoms with Gasteiger partial charge in [0.25, 0.3) is 5.91 Å². The summed E-state index contributed by atoms with van der Waals surface area (Å²) in [6, 6.07) is 21.7. The number of rotatable bonds is 8. The molecule has 0 heterocycles. The second-order valence-corrected chi connectivity index (χ2v) is 7.46. The van der Waals surface area contributed by atoms with Gasteiger partial charge in [0, 0.05) is 5.69 Å². The first-order valence-corrected chi connectivity index (χ1v) is 10.1. The number of nitrogens with one attached hydrogen (secondary N) is 2. The van der Waals surface area contributed by atoms with E-state index in [4.69, 9.17) is 4.74 Å². The van der Waals surface area contributed by atoms with Gasteiger partial charge in [0.05, 0.1) is 5.56 Å². The van der Waals surface area contributed by atoms with Crippen LogP contribution in [0.15, 0.2) is 78.9 Å². The van der Waals surface area contributed by atoms with Crippen LogP contribution in [0.25, 0.3) is 0 Å². The van der Waals surface area contributed by atoms with Gasteiger partial charge in [-0.15, -0.1) is 0 Å². The number of carbonyl (C=O) groups excluding carboxylic acids is 2. The highest BCUT2D eigenvalue weighted by atomic mass is 19.1. The van der Waals surface area contributed by atoms with Crippen LogP contribution in [0.3, 0.4) is 0 Å². The fraction of sp³-hybridized carbons (Fsp3) is 0.200. The highest BCUT2D eigenvalue weighted by Gasteiger charge is 2.25. The Balaban J connectivity index is 1.60. The molecule has 0 fully saturated rings. The minimum atomic E-state index is -0.818. The van der Waals surface area contributed by atoms with E-state index in [1.807, 2.05) is 44.2 Å². The molecule has 0 bridgehead atoms. The maximum atomic E-state index is 13.9. The fourth-order valence-electron chi connectivity index (χ4n) is 2.99. The number of hydrogen-bond acceptors (Lipinski definition) is 3. The van der Waals surface area contributed by atoms with Gasteiger partial charge in [0.15, 0.2) is 0 Å². The molecule has 2 amide bonds. The Morgan fingerprint density at radius 3 is 2.19 bits per heavy atom. The molecule has 0 spiro atoms. The van der Waals surface area contributed by atoms with Crippen LogP contribution in [-0.2, 0) is 11.4 Å². The molecule has 0 aliphatic rings. The Morgan fingerprint density at radius 1 is 0.903 bits per heavy atom. The third-order valence-corrected chi connectivity index (χ3v) is 4.72. The summed E-state index contributed by atoms with van der Waals surface area (Å²) in [6.07, 6.45) is 0. The van der Waals surface area contributed by atoms with E-state index in [-0.39, 0.29) is 17.4 Å². The second-order valence-electron chi connectivity index (χ2n) is 7.46. The molecule has 31 heavy (non-hydrogen) atoms. The van der Waals surface area contributed by atoms with E-state index in [1.165, 1.54) is 18.2 Å². The van der Waals surface area contributed by atoms with E-state index in [1.54, 1.807) is 30.3 Å². The minimum absolute atomic E-state index is 0.0964. The highest BCUT2D eigenvalue weighted by molar-refractivity contribution is 6.01. The first-order chi connectivity index (χ1) is 14.9. The van der Waals surface area contributed by atoms with Crippen LogP contribution in [0.1, 0.15) is 29.8 Å². The first kappa shape index (κ1) is 22.0. The zero-order valence-corrected chi connectivity index (χ0v) is 17.5. The van der Waals surface area contributed by atoms with Crippen molar-refractivity contribution in [3.05, 3.63) is 95.8 Å². The van der Waals surface area contributed by atoms with Crippen molar-refractivity contribution in [2.24, 2.45) is 5.92 Å². The standard InChI is InChI=1S/C25H25FN2O3/c1-17(2)23(28-24(29)21-10-6-7-11-22(21)26)25(30)27-19-12-14-20(15-13-19)31-16-18-8-4-3-5-9-18/h3-15,17,23H,16H2,1-2H3,(H,27,30)(H,28,29). The lowest BCUT2D eigenvalue weighted by atomic mass is 10.0. The highest BCUT2D eigenvalue weighted by Crippen LogP contribution is 2.18. The third kappa shape index (κ3) is 6.15. The number of ether oxygens (including phenoxy) is 1. The quantitative estimate of drug-likeness (QED) is 0.550. The fourth-order valence-corrected chi connectivity index (χ4v) is 2.99. The van der Waals surface area contributed by atoms with Crippen molar-refractivity contribution >= 4 is 17.5 Å². The summed E-state index contributed by atoms with van der Waals surface area (Å²) in [4.78, 5) is 25.2. The summed E-state index contributed by atoms with van der Waals surface area (Å²) in [5, 5.41) is 5.42. The van der Waals surface area contributed by atoms with Crippen molar-refractivity contribution in [1.29, 1.82) is 0 Å². The van der Waals surface area contributed by atoms with Crippen LogP contribution >= 0.6 is 0 Å². The first-order valence-electron chi connectivity index (χ1n) is 10.1. The van der Waals surface area contributed by atoms with Crippen molar-refractivity contribution < 1.29 is 18.7 Å². The average molecular weight is 420 g/mol. The van der Waals surface area contributed by atoms with E-state index < -0.39 is 17.8 Å². The van der Waals surface area contributed by atoms with Crippen LogP contribution in [-0.4, -0.2) is 17.9 Å². The maximum absolute atomic E-state index is 13.9. The molecule has 0 saturated carbocycles. The van der Waals surface area contributed by atoms with Gasteiger partial charge in [-0.25, -0.2) is 4.39 Å². The molecule has 0 aliphatic heterocycles. The lowest BCUT2D eigenvalue weighted by Crippen LogP contribution is -2.47. The smallest absolute Gasteiger partial charge is 0.254 e. The van der Waals surface area contributed by atoms with Gasteiger partial charge in [0.1, 0.15) is 24.2 Å². The van der Waals surface area contributed by atoms with Crippen LogP contribution in [0, 0.1) is 11.7 Å². The zero-order chi connectivity index (χ0) is 22.2. The van der Waals surface area contributed by atoms with Crippen LogP contribution < -0.4 is 15.4 Å². The normalized spacial score (nSPS) is 11.6. The van der Waals surface area contributed by atoms with Crippen molar-refractivity contribution in [2.75, 3.05) is 5.32 Å². The molecule has 3 aromatic carbocycles. The number of carbonyl (C=O) groups is 2. The predicted molar refractivity (Wildman–Crippen MR) is 118 cm³/mol. The summed E-state index contributed by atoms with van der Waals surface area (Å²) < 4.78 is 19.6. The Bertz CT molecular complexity index is 1020. The van der Waals surface area contributed by atoms with E-state index in [0.717, 1.165) is 5.56 Å². The number of benzene rings is 3. The molecule has 3 aromatic rings. The molecular formula is C25H25FN2O3. The van der Waals surface area contributed by atoms with E-state index in [2.05, 4.69) is 10.6 Å². The number of halogens is 1. The average Bonchev–Trinajstić information content (AvgIpc) is 2.77. The van der Waals surface area contributed by atoms with E-state index in [0.29, 0.717) is 18.0 Å². The van der Waals surface area contributed by atoms with Gasteiger partial charge in [-0.1, -0.05) is 56.3 Å². The lowest BCUT2D eigenvalue weighted by molar-refractivity contribution is -0.118. The summed E-state index contributed by atoms with van der Waals surface area (Å²) in [5.41, 5.74) is 1.54. The van der Waals surface area contributed by atoms with E-state index in [9.17, 15) is 14.0 Å². The Morgan fingerprint density at radius 2 is 1.55 bits per heavy atom. The Kier molecular flexibility index (Phi) is 7.38. The molecule has 1 unspecified atom stereocenters. The molecule has 160 valence electrons. The van der Waals surface area contributed by atoms with Crippen molar-refractivity contribution in [1.82, 2.24) is 5.32 Å². The number of amides is 2. The van der Waals surface area contributed by atoms with Crippen molar-refractivity contribution in [2.45, 2.75) is 26.5 Å². The molecular weight excluding hydrogens is 395 g/mol. The SMILES string of the molecule is CC(C)C(NC(=O)c1ccccc1F)C(=O)Nc1ccc(OCc2ccccc2)cc1. The van der Waals surface area contributed by atoms with Gasteiger partial charge in [0.2, 0.25) is 5.91 Å². The molecule has 0 saturated heterocycles. The lowest BCUT2D eigenvalue weighted by Gasteiger charge is -2.22. The molecule has 6 heteroatoms. The molecule has 0 radical (unpaired) electrons. The summed E-state index contributed by atoms with van der Waals surface area (Å²) in [6.45, 7) is 4.07. The summed E-state index contributed by atoms with van der Waals surface area (Å²) >= 11 is 0. The van der Waals surface area contributed by atoms with Crippen molar-refractivity contribution in [3.8, 4) is 5.75 Å². The molecule has 3 rings (SSSR count). The monoisotopic (exact) mass is 420 g/mol. The van der Waals surface area contributed by atoms with Gasteiger partial charge in [-0.2, -0.15) is 0 Å². The predicted octanol–water partition coefficient (Wildman–Crippen LogP) is 4.80. The molecule has 2 N–H and O–H groups in total. The topological polar surface area (TPSA) is 67.4 Å². The van der Waals surface area contributed by atoms with Crippen LogP contribution in [0.5, 0.6) is 5.75 Å². The van der Waals surface area contributed by atoms with E-state index >= 15 is 0 Å². The Labute approximate surface area is 181 Å². The number of anilines is 1. The summed E-state index contributed by atoms with van der Waals surface area (Å²) in [7, 11) is 0. The van der Waals surface area contributed by atoms with Crippen LogP contribution in [0.2, 0.25) is 0 Å². The third-order valence-electron chi connectivity index (χ3n) is 4.72. The van der Waals surface area contributed by atoms with Gasteiger partial charge < -0.3 is 15.4 Å². The molecule has 0 aliphatic carbocycles. The molecule has 0 aromatic heterocycles. The van der Waals surface area contributed by atoms with Gasteiger partial charge in [-0.3, -0.25) is 9.59 Å². The summed E-state index contributed by atoms with van der Waals surface area (Å²) in [5.74, 6) is -1.15. The maximum Gasteiger partial charge on any atom is 0.254 e. The van der Waals surface area contributed by atoms with Gasteiger partial charge >= 0.3 is 0 Å².